The van der Waals surface area contributed by atoms with E-state index >= 15 is 13.2 Å². The van der Waals surface area contributed by atoms with Gasteiger partial charge in [0.25, 0.3) is 0 Å². The molecule has 4 nitrogen and oxygen atoms in total. The van der Waals surface area contributed by atoms with Gasteiger partial charge in [0.15, 0.2) is 11.6 Å². The maximum atomic E-state index is 15.7. The second-order valence-electron chi connectivity index (χ2n) is 12.3. The van der Waals surface area contributed by atoms with Crippen molar-refractivity contribution in [2.24, 2.45) is 11.3 Å². The maximum absolute atomic E-state index is 15.7. The van der Waals surface area contributed by atoms with Crippen LogP contribution in [-0.2, 0) is 23.2 Å². The second kappa shape index (κ2) is 9.57. The first-order valence-corrected chi connectivity index (χ1v) is 13.9. The molecule has 7 heteroatoms. The Kier molecular flexibility index (Phi) is 6.39. The highest BCUT2D eigenvalue weighted by Crippen LogP contribution is 2.63. The smallest absolute Gasteiger partial charge is 0.307 e. The Balaban J connectivity index is 1.35. The normalized spacial score (nSPS) is 24.2. The molecule has 0 amide bonds. The average Bonchev–Trinajstić information content (AvgIpc) is 3.36. The summed E-state index contributed by atoms with van der Waals surface area (Å²) >= 11 is 0. The first-order chi connectivity index (χ1) is 19.1. The van der Waals surface area contributed by atoms with Gasteiger partial charge < -0.3 is 14.6 Å². The number of carbonyl (C=O) groups is 1. The molecule has 0 saturated heterocycles. The van der Waals surface area contributed by atoms with Gasteiger partial charge in [-0.1, -0.05) is 38.5 Å². The molecule has 0 unspecified atom stereocenters. The third-order valence-corrected chi connectivity index (χ3v) is 9.58. The van der Waals surface area contributed by atoms with Crippen LogP contribution < -0.4 is 9.47 Å². The molecule has 1 spiro atoms. The fraction of sp³-hybridized carbons (Fsp3) is 0.424. The molecule has 0 bridgehead atoms. The second-order valence-corrected chi connectivity index (χ2v) is 12.3. The van der Waals surface area contributed by atoms with Crippen molar-refractivity contribution in [1.29, 1.82) is 0 Å². The SMILES string of the molecule is COc1ccc(F)c(-c2ccc(COc3cc(F)c4c(c3F)[C@@]3(CC4)C[C@@H]3C(=O)O)cc2[C@H]2CCCC2(C)C)c1. The molecule has 2 fully saturated rings. The highest BCUT2D eigenvalue weighted by molar-refractivity contribution is 5.78. The first-order valence-electron chi connectivity index (χ1n) is 13.9. The van der Waals surface area contributed by atoms with Gasteiger partial charge in [-0.2, -0.15) is 0 Å². The number of rotatable bonds is 7. The van der Waals surface area contributed by atoms with Crippen LogP contribution >= 0.6 is 0 Å². The van der Waals surface area contributed by atoms with Gasteiger partial charge >= 0.3 is 5.97 Å². The third-order valence-electron chi connectivity index (χ3n) is 9.58. The van der Waals surface area contributed by atoms with Gasteiger partial charge in [0, 0.05) is 22.6 Å². The lowest BCUT2D eigenvalue weighted by Crippen LogP contribution is -2.17. The molecule has 2 saturated carbocycles. The number of ether oxygens (including phenoxy) is 2. The molecular formula is C33H33F3O4. The average molecular weight is 551 g/mol. The van der Waals surface area contributed by atoms with E-state index in [4.69, 9.17) is 9.47 Å². The van der Waals surface area contributed by atoms with E-state index in [0.717, 1.165) is 42.0 Å². The van der Waals surface area contributed by atoms with Crippen LogP contribution in [0.2, 0.25) is 0 Å². The molecule has 0 aliphatic heterocycles. The number of carboxylic acid groups (broad SMARTS) is 1. The van der Waals surface area contributed by atoms with Crippen LogP contribution in [0.15, 0.2) is 42.5 Å². The lowest BCUT2D eigenvalue weighted by molar-refractivity contribution is -0.139. The molecule has 210 valence electrons. The largest absolute Gasteiger partial charge is 0.497 e. The number of aliphatic carboxylic acids is 1. The number of benzene rings is 3. The Hall–Kier alpha value is -3.48. The first kappa shape index (κ1) is 26.7. The molecule has 3 atom stereocenters. The minimum Gasteiger partial charge on any atom is -0.497 e. The molecule has 1 N–H and O–H groups in total. The quantitative estimate of drug-likeness (QED) is 0.325. The number of halogens is 3. The van der Waals surface area contributed by atoms with E-state index in [1.54, 1.807) is 19.2 Å². The van der Waals surface area contributed by atoms with Crippen LogP contribution in [0.5, 0.6) is 11.5 Å². The maximum Gasteiger partial charge on any atom is 0.307 e. The highest BCUT2D eigenvalue weighted by atomic mass is 19.1. The third kappa shape index (κ3) is 4.25. The van der Waals surface area contributed by atoms with Crippen LogP contribution in [-0.4, -0.2) is 18.2 Å². The van der Waals surface area contributed by atoms with Crippen molar-refractivity contribution in [3.63, 3.8) is 0 Å². The van der Waals surface area contributed by atoms with Crippen LogP contribution in [0, 0.1) is 28.8 Å². The fourth-order valence-corrected chi connectivity index (χ4v) is 7.30. The molecule has 0 aromatic heterocycles. The van der Waals surface area contributed by atoms with Crippen LogP contribution in [0.4, 0.5) is 13.2 Å². The zero-order valence-corrected chi connectivity index (χ0v) is 23.0. The van der Waals surface area contributed by atoms with E-state index in [1.807, 2.05) is 18.2 Å². The van der Waals surface area contributed by atoms with Crippen molar-refractivity contribution in [1.82, 2.24) is 0 Å². The van der Waals surface area contributed by atoms with Crippen molar-refractivity contribution in [2.75, 3.05) is 7.11 Å². The summed E-state index contributed by atoms with van der Waals surface area (Å²) in [5, 5.41) is 9.51. The van der Waals surface area contributed by atoms with Crippen molar-refractivity contribution < 1.29 is 32.5 Å². The van der Waals surface area contributed by atoms with E-state index in [-0.39, 0.29) is 40.6 Å². The minimum absolute atomic E-state index is 0.00841. The van der Waals surface area contributed by atoms with Gasteiger partial charge in [0.05, 0.1) is 13.0 Å². The summed E-state index contributed by atoms with van der Waals surface area (Å²) < 4.78 is 57.0. The summed E-state index contributed by atoms with van der Waals surface area (Å²) in [6, 6.07) is 11.5. The predicted octanol–water partition coefficient (Wildman–Crippen LogP) is 7.94. The van der Waals surface area contributed by atoms with E-state index in [0.29, 0.717) is 30.6 Å². The molecule has 3 aliphatic carbocycles. The molecule has 0 heterocycles. The molecule has 3 aromatic rings. The minimum atomic E-state index is -0.978. The predicted molar refractivity (Wildman–Crippen MR) is 145 cm³/mol. The summed E-state index contributed by atoms with van der Waals surface area (Å²) in [4.78, 5) is 11.6. The van der Waals surface area contributed by atoms with E-state index < -0.39 is 28.9 Å². The van der Waals surface area contributed by atoms with Gasteiger partial charge in [-0.3, -0.25) is 4.79 Å². The Morgan fingerprint density at radius 1 is 1.02 bits per heavy atom. The molecule has 0 radical (unpaired) electrons. The van der Waals surface area contributed by atoms with Crippen molar-refractivity contribution in [3.05, 3.63) is 82.2 Å². The molecule has 3 aliphatic rings. The van der Waals surface area contributed by atoms with Gasteiger partial charge in [-0.05, 0) is 83.9 Å². The highest BCUT2D eigenvalue weighted by Gasteiger charge is 2.63. The number of hydrogen-bond donors (Lipinski definition) is 1. The van der Waals surface area contributed by atoms with Crippen molar-refractivity contribution in [3.8, 4) is 22.6 Å². The molecular weight excluding hydrogens is 517 g/mol. The number of hydrogen-bond acceptors (Lipinski definition) is 3. The van der Waals surface area contributed by atoms with Gasteiger partial charge in [-0.25, -0.2) is 13.2 Å². The van der Waals surface area contributed by atoms with E-state index in [2.05, 4.69) is 13.8 Å². The van der Waals surface area contributed by atoms with Gasteiger partial charge in [0.1, 0.15) is 24.0 Å². The van der Waals surface area contributed by atoms with Crippen LogP contribution in [0.25, 0.3) is 11.1 Å². The Morgan fingerprint density at radius 2 is 1.82 bits per heavy atom. The summed E-state index contributed by atoms with van der Waals surface area (Å²) in [5.74, 6) is -2.70. The summed E-state index contributed by atoms with van der Waals surface area (Å²) in [7, 11) is 1.55. The number of carboxylic acids is 1. The fourth-order valence-electron chi connectivity index (χ4n) is 7.30. The van der Waals surface area contributed by atoms with Crippen molar-refractivity contribution >= 4 is 5.97 Å². The monoisotopic (exact) mass is 550 g/mol. The topological polar surface area (TPSA) is 55.8 Å². The zero-order valence-electron chi connectivity index (χ0n) is 23.0. The lowest BCUT2D eigenvalue weighted by Gasteiger charge is -2.30. The molecule has 6 rings (SSSR count). The standard InChI is InChI=1S/C33H33F3O4/c1-32(2)11-4-5-24(32)22-13-18(6-8-20(22)23-14-19(39-3)7-9-26(23)34)17-40-28-15-27(35)21-10-12-33(29(21)30(28)36)16-25(33)31(37)38/h6-9,13-15,24-25H,4-5,10-12,16-17H2,1-3H3,(H,37,38)/t24-,25-,33+/m1/s1. The zero-order chi connectivity index (χ0) is 28.4. The number of methoxy groups -OCH3 is 1. The van der Waals surface area contributed by atoms with Crippen molar-refractivity contribution in [2.45, 2.75) is 70.3 Å². The summed E-state index contributed by atoms with van der Waals surface area (Å²) in [6.45, 7) is 4.44. The number of fused-ring (bicyclic) bond motifs is 2. The Bertz CT molecular complexity index is 1510. The van der Waals surface area contributed by atoms with E-state index in [1.165, 1.54) is 6.07 Å². The Labute approximate surface area is 232 Å². The van der Waals surface area contributed by atoms with Gasteiger partial charge in [0.2, 0.25) is 0 Å². The Morgan fingerprint density at radius 3 is 2.50 bits per heavy atom. The van der Waals surface area contributed by atoms with Gasteiger partial charge in [-0.15, -0.1) is 0 Å². The summed E-state index contributed by atoms with van der Waals surface area (Å²) in [5.41, 5.74) is 2.61. The van der Waals surface area contributed by atoms with Crippen LogP contribution in [0.1, 0.15) is 74.1 Å². The van der Waals surface area contributed by atoms with Crippen LogP contribution in [0.3, 0.4) is 0 Å². The van der Waals surface area contributed by atoms with E-state index in [9.17, 15) is 9.90 Å². The molecule has 3 aromatic carbocycles. The summed E-state index contributed by atoms with van der Waals surface area (Å²) in [6.07, 6.45) is 4.16. The molecule has 40 heavy (non-hydrogen) atoms. The lowest BCUT2D eigenvalue weighted by atomic mass is 9.75.